The minimum absolute atomic E-state index is 0.0475. The van der Waals surface area contributed by atoms with Crippen LogP contribution >= 0.6 is 0 Å². The van der Waals surface area contributed by atoms with Crippen molar-refractivity contribution in [2.45, 2.75) is 38.6 Å². The first-order chi connectivity index (χ1) is 10.2. The fraction of sp³-hybridized carbons (Fsp3) is 0.750. The van der Waals surface area contributed by atoms with Crippen molar-refractivity contribution in [2.75, 3.05) is 38.1 Å². The lowest BCUT2D eigenvalue weighted by Gasteiger charge is -2.30. The Kier molecular flexibility index (Phi) is 4.58. The van der Waals surface area contributed by atoms with E-state index in [0.717, 1.165) is 31.9 Å². The standard InChI is InChI=1S/C16H26N4O/c1-18-7-5-6-14(12-18)13-20-16(21)10-15(11-17-20)19-8-3-2-4-9-19/h10-11,14H,2-9,12-13H2,1H3. The molecule has 5 nitrogen and oxygen atoms in total. The molecule has 2 fully saturated rings. The maximum absolute atomic E-state index is 12.3. The number of piperidine rings is 2. The molecule has 1 atom stereocenters. The summed E-state index contributed by atoms with van der Waals surface area (Å²) < 4.78 is 1.65. The fourth-order valence-corrected chi connectivity index (χ4v) is 3.55. The Morgan fingerprint density at radius 3 is 2.71 bits per heavy atom. The third-order valence-electron chi connectivity index (χ3n) is 4.73. The summed E-state index contributed by atoms with van der Waals surface area (Å²) in [5, 5.41) is 4.42. The Balaban J connectivity index is 1.67. The normalized spacial score (nSPS) is 24.2. The first-order valence-corrected chi connectivity index (χ1v) is 8.23. The van der Waals surface area contributed by atoms with Gasteiger partial charge in [0, 0.05) is 32.2 Å². The van der Waals surface area contributed by atoms with Crippen molar-refractivity contribution < 1.29 is 0 Å². The molecule has 2 aliphatic rings. The maximum atomic E-state index is 12.3. The van der Waals surface area contributed by atoms with Crippen molar-refractivity contribution in [1.82, 2.24) is 14.7 Å². The fourth-order valence-electron chi connectivity index (χ4n) is 3.55. The molecule has 3 rings (SSSR count). The Bertz CT molecular complexity index is 521. The van der Waals surface area contributed by atoms with E-state index in [1.807, 2.05) is 6.20 Å². The van der Waals surface area contributed by atoms with E-state index >= 15 is 0 Å². The quantitative estimate of drug-likeness (QED) is 0.847. The highest BCUT2D eigenvalue weighted by atomic mass is 16.1. The summed E-state index contributed by atoms with van der Waals surface area (Å²) in [6.45, 7) is 5.11. The average Bonchev–Trinajstić information content (AvgIpc) is 2.50. The first kappa shape index (κ1) is 14.6. The number of aromatic nitrogens is 2. The molecule has 0 radical (unpaired) electrons. The molecule has 0 aliphatic carbocycles. The zero-order valence-electron chi connectivity index (χ0n) is 13.0. The molecule has 0 N–H and O–H groups in total. The largest absolute Gasteiger partial charge is 0.370 e. The lowest BCUT2D eigenvalue weighted by molar-refractivity contribution is 0.189. The van der Waals surface area contributed by atoms with E-state index in [1.54, 1.807) is 10.7 Å². The summed E-state index contributed by atoms with van der Waals surface area (Å²) in [5.41, 5.74) is 1.04. The molecular weight excluding hydrogens is 264 g/mol. The second-order valence-corrected chi connectivity index (χ2v) is 6.55. The van der Waals surface area contributed by atoms with Gasteiger partial charge in [-0.05, 0) is 51.6 Å². The Labute approximate surface area is 126 Å². The molecule has 0 aromatic carbocycles. The molecule has 1 aromatic rings. The Morgan fingerprint density at radius 1 is 1.19 bits per heavy atom. The van der Waals surface area contributed by atoms with Gasteiger partial charge in [0.05, 0.1) is 11.9 Å². The van der Waals surface area contributed by atoms with Crippen LogP contribution in [0.25, 0.3) is 0 Å². The molecule has 2 aliphatic heterocycles. The minimum atomic E-state index is 0.0475. The molecule has 116 valence electrons. The van der Waals surface area contributed by atoms with Crippen LogP contribution in [0.4, 0.5) is 5.69 Å². The predicted octanol–water partition coefficient (Wildman–Crippen LogP) is 1.58. The van der Waals surface area contributed by atoms with Gasteiger partial charge >= 0.3 is 0 Å². The lowest BCUT2D eigenvalue weighted by Crippen LogP contribution is -2.37. The third-order valence-corrected chi connectivity index (χ3v) is 4.73. The van der Waals surface area contributed by atoms with Gasteiger partial charge < -0.3 is 9.80 Å². The highest BCUT2D eigenvalue weighted by Crippen LogP contribution is 2.18. The van der Waals surface area contributed by atoms with E-state index in [9.17, 15) is 4.79 Å². The van der Waals surface area contributed by atoms with Crippen molar-refractivity contribution in [1.29, 1.82) is 0 Å². The number of hydrogen-bond acceptors (Lipinski definition) is 4. The number of nitrogens with zero attached hydrogens (tertiary/aromatic N) is 4. The smallest absolute Gasteiger partial charge is 0.268 e. The molecule has 1 aromatic heterocycles. The predicted molar refractivity (Wildman–Crippen MR) is 84.8 cm³/mol. The number of anilines is 1. The van der Waals surface area contributed by atoms with Crippen molar-refractivity contribution in [3.8, 4) is 0 Å². The van der Waals surface area contributed by atoms with E-state index in [0.29, 0.717) is 5.92 Å². The van der Waals surface area contributed by atoms with Gasteiger partial charge in [0.2, 0.25) is 0 Å². The van der Waals surface area contributed by atoms with Gasteiger partial charge in [-0.2, -0.15) is 5.10 Å². The average molecular weight is 290 g/mol. The van der Waals surface area contributed by atoms with Gasteiger partial charge in [0.25, 0.3) is 5.56 Å². The molecule has 3 heterocycles. The molecule has 0 spiro atoms. The van der Waals surface area contributed by atoms with Crippen LogP contribution in [0.15, 0.2) is 17.1 Å². The summed E-state index contributed by atoms with van der Waals surface area (Å²) in [7, 11) is 2.15. The van der Waals surface area contributed by atoms with Gasteiger partial charge in [-0.3, -0.25) is 4.79 Å². The van der Waals surface area contributed by atoms with Crippen molar-refractivity contribution in [3.63, 3.8) is 0 Å². The van der Waals surface area contributed by atoms with Gasteiger partial charge in [-0.15, -0.1) is 0 Å². The van der Waals surface area contributed by atoms with Crippen molar-refractivity contribution >= 4 is 5.69 Å². The molecule has 0 amide bonds. The van der Waals surface area contributed by atoms with Crippen LogP contribution in [-0.4, -0.2) is 47.9 Å². The molecule has 21 heavy (non-hydrogen) atoms. The van der Waals surface area contributed by atoms with Crippen LogP contribution in [0.3, 0.4) is 0 Å². The Hall–Kier alpha value is -1.36. The van der Waals surface area contributed by atoms with Crippen LogP contribution in [-0.2, 0) is 6.54 Å². The van der Waals surface area contributed by atoms with Gasteiger partial charge in [0.1, 0.15) is 0 Å². The highest BCUT2D eigenvalue weighted by Gasteiger charge is 2.19. The summed E-state index contributed by atoms with van der Waals surface area (Å²) >= 11 is 0. The molecule has 0 saturated carbocycles. The van der Waals surface area contributed by atoms with Crippen molar-refractivity contribution in [3.05, 3.63) is 22.6 Å². The van der Waals surface area contributed by atoms with E-state index in [-0.39, 0.29) is 5.56 Å². The third kappa shape index (κ3) is 3.64. The minimum Gasteiger partial charge on any atom is -0.370 e. The van der Waals surface area contributed by atoms with Gasteiger partial charge in [0.15, 0.2) is 0 Å². The van der Waals surface area contributed by atoms with Gasteiger partial charge in [-0.25, -0.2) is 4.68 Å². The second kappa shape index (κ2) is 6.60. The van der Waals surface area contributed by atoms with Gasteiger partial charge in [-0.1, -0.05) is 0 Å². The van der Waals surface area contributed by atoms with E-state index < -0.39 is 0 Å². The molecular formula is C16H26N4O. The highest BCUT2D eigenvalue weighted by molar-refractivity contribution is 5.43. The van der Waals surface area contributed by atoms with Crippen molar-refractivity contribution in [2.24, 2.45) is 5.92 Å². The SMILES string of the molecule is CN1CCCC(Cn2ncc(N3CCCCC3)cc2=O)C1. The summed E-state index contributed by atoms with van der Waals surface area (Å²) in [6.07, 6.45) is 8.04. The topological polar surface area (TPSA) is 41.4 Å². The van der Waals surface area contributed by atoms with E-state index in [2.05, 4.69) is 21.9 Å². The first-order valence-electron chi connectivity index (χ1n) is 8.23. The van der Waals surface area contributed by atoms with Crippen LogP contribution in [0.2, 0.25) is 0 Å². The second-order valence-electron chi connectivity index (χ2n) is 6.55. The van der Waals surface area contributed by atoms with E-state index in [1.165, 1.54) is 38.6 Å². The molecule has 2 saturated heterocycles. The zero-order valence-corrected chi connectivity index (χ0v) is 13.0. The van der Waals surface area contributed by atoms with Crippen LogP contribution in [0.1, 0.15) is 32.1 Å². The Morgan fingerprint density at radius 2 is 2.00 bits per heavy atom. The number of rotatable bonds is 3. The number of hydrogen-bond donors (Lipinski definition) is 0. The van der Waals surface area contributed by atoms with Crippen LogP contribution in [0.5, 0.6) is 0 Å². The van der Waals surface area contributed by atoms with Crippen LogP contribution in [0, 0.1) is 5.92 Å². The maximum Gasteiger partial charge on any atom is 0.268 e. The monoisotopic (exact) mass is 290 g/mol. The lowest BCUT2D eigenvalue weighted by atomic mass is 9.98. The summed E-state index contributed by atoms with van der Waals surface area (Å²) in [5.74, 6) is 0.551. The van der Waals surface area contributed by atoms with Crippen LogP contribution < -0.4 is 10.5 Å². The summed E-state index contributed by atoms with van der Waals surface area (Å²) in [6, 6.07) is 1.77. The molecule has 1 unspecified atom stereocenters. The molecule has 5 heteroatoms. The summed E-state index contributed by atoms with van der Waals surface area (Å²) in [4.78, 5) is 16.9. The number of likely N-dealkylation sites (tertiary alicyclic amines) is 1. The van der Waals surface area contributed by atoms with E-state index in [4.69, 9.17) is 0 Å². The molecule has 0 bridgehead atoms. The zero-order chi connectivity index (χ0) is 14.7.